The molecule has 4 rings (SSSR count). The van der Waals surface area contributed by atoms with Gasteiger partial charge in [0.2, 0.25) is 0 Å². The molecule has 0 bridgehead atoms. The first kappa shape index (κ1) is 14.3. The molecule has 4 nitrogen and oxygen atoms in total. The molecule has 0 saturated carbocycles. The van der Waals surface area contributed by atoms with E-state index in [1.54, 1.807) is 0 Å². The third-order valence-corrected chi connectivity index (χ3v) is 4.89. The average molecular weight is 307 g/mol. The van der Waals surface area contributed by atoms with Crippen molar-refractivity contribution in [2.45, 2.75) is 18.9 Å². The fourth-order valence-corrected chi connectivity index (χ4v) is 3.73. The van der Waals surface area contributed by atoms with Crippen molar-refractivity contribution in [2.75, 3.05) is 13.1 Å². The van der Waals surface area contributed by atoms with E-state index < -0.39 is 0 Å². The fourth-order valence-electron chi connectivity index (χ4n) is 3.73. The van der Waals surface area contributed by atoms with Crippen LogP contribution >= 0.6 is 0 Å². The minimum absolute atomic E-state index is 0.000897. The van der Waals surface area contributed by atoms with E-state index in [2.05, 4.69) is 34.6 Å². The van der Waals surface area contributed by atoms with E-state index in [4.69, 9.17) is 0 Å². The molecular weight excluding hydrogens is 286 g/mol. The van der Waals surface area contributed by atoms with Gasteiger partial charge in [0.1, 0.15) is 0 Å². The highest BCUT2D eigenvalue weighted by Gasteiger charge is 2.28. The summed E-state index contributed by atoms with van der Waals surface area (Å²) in [6, 6.07) is 18.6. The van der Waals surface area contributed by atoms with Gasteiger partial charge in [-0.1, -0.05) is 42.5 Å². The summed E-state index contributed by atoms with van der Waals surface area (Å²) in [6.45, 7) is 2.01. The van der Waals surface area contributed by atoms with Crippen LogP contribution in [0.15, 0.2) is 59.4 Å². The first-order valence-corrected chi connectivity index (χ1v) is 8.27. The highest BCUT2D eigenvalue weighted by molar-refractivity contribution is 5.75. The Morgan fingerprint density at radius 2 is 1.87 bits per heavy atom. The van der Waals surface area contributed by atoms with Gasteiger partial charge in [-0.15, -0.1) is 0 Å². The molecule has 1 aliphatic heterocycles. The Morgan fingerprint density at radius 3 is 2.65 bits per heavy atom. The van der Waals surface area contributed by atoms with E-state index in [0.717, 1.165) is 37.0 Å². The molecule has 1 aromatic heterocycles. The minimum Gasteiger partial charge on any atom is -0.316 e. The molecule has 0 amide bonds. The average Bonchev–Trinajstić information content (AvgIpc) is 3.21. The summed E-state index contributed by atoms with van der Waals surface area (Å²) in [5.41, 5.74) is 3.20. The molecule has 0 spiro atoms. The first-order chi connectivity index (χ1) is 11.3. The maximum absolute atomic E-state index is 12.6. The molecule has 2 unspecified atom stereocenters. The molecule has 3 aromatic rings. The van der Waals surface area contributed by atoms with Crippen LogP contribution in [0.2, 0.25) is 0 Å². The molecule has 2 N–H and O–H groups in total. The van der Waals surface area contributed by atoms with Crippen LogP contribution in [0, 0.1) is 5.92 Å². The van der Waals surface area contributed by atoms with Gasteiger partial charge in [0, 0.05) is 6.04 Å². The van der Waals surface area contributed by atoms with Crippen LogP contribution < -0.4 is 11.0 Å². The first-order valence-electron chi connectivity index (χ1n) is 8.27. The van der Waals surface area contributed by atoms with Crippen LogP contribution in [0.4, 0.5) is 0 Å². The molecule has 23 heavy (non-hydrogen) atoms. The summed E-state index contributed by atoms with van der Waals surface area (Å²) < 4.78 is 1.97. The number of nitrogens with zero attached hydrogens (tertiary/aromatic N) is 1. The topological polar surface area (TPSA) is 49.8 Å². The monoisotopic (exact) mass is 307 g/mol. The molecule has 2 atom stereocenters. The predicted molar refractivity (Wildman–Crippen MR) is 92.7 cm³/mol. The lowest BCUT2D eigenvalue weighted by molar-refractivity contribution is 0.349. The lowest BCUT2D eigenvalue weighted by atomic mass is 9.92. The number of H-pyrrole nitrogens is 1. The summed E-state index contributed by atoms with van der Waals surface area (Å²) in [5.74, 6) is 0.479. The maximum atomic E-state index is 12.6. The third-order valence-electron chi connectivity index (χ3n) is 4.89. The summed E-state index contributed by atoms with van der Waals surface area (Å²) >= 11 is 0. The van der Waals surface area contributed by atoms with Gasteiger partial charge in [-0.2, -0.15) is 0 Å². The molecule has 118 valence electrons. The smallest absolute Gasteiger partial charge is 0.316 e. The molecule has 2 aromatic carbocycles. The van der Waals surface area contributed by atoms with Crippen molar-refractivity contribution in [3.8, 4) is 0 Å². The van der Waals surface area contributed by atoms with Crippen LogP contribution in [0.5, 0.6) is 0 Å². The van der Waals surface area contributed by atoms with Gasteiger partial charge in [-0.05, 0) is 49.5 Å². The number of aromatic nitrogens is 2. The van der Waals surface area contributed by atoms with Gasteiger partial charge >= 0.3 is 5.69 Å². The molecule has 1 fully saturated rings. The number of para-hydroxylation sites is 2. The summed E-state index contributed by atoms with van der Waals surface area (Å²) in [5, 5.41) is 3.44. The van der Waals surface area contributed by atoms with Crippen LogP contribution in [-0.4, -0.2) is 22.6 Å². The quantitative estimate of drug-likeness (QED) is 0.778. The van der Waals surface area contributed by atoms with Crippen molar-refractivity contribution < 1.29 is 0 Å². The molecule has 0 radical (unpaired) electrons. The maximum Gasteiger partial charge on any atom is 0.326 e. The molecule has 4 heteroatoms. The van der Waals surface area contributed by atoms with E-state index in [1.807, 2.05) is 34.9 Å². The lowest BCUT2D eigenvalue weighted by Crippen LogP contribution is -2.30. The normalized spacial score (nSPS) is 19.2. The number of benzene rings is 2. The van der Waals surface area contributed by atoms with E-state index in [0.29, 0.717) is 5.92 Å². The van der Waals surface area contributed by atoms with Crippen LogP contribution in [0.25, 0.3) is 11.0 Å². The Balaban J connectivity index is 1.80. The second-order valence-electron chi connectivity index (χ2n) is 6.33. The molecule has 2 heterocycles. The Hall–Kier alpha value is -2.33. The van der Waals surface area contributed by atoms with Crippen molar-refractivity contribution in [3.63, 3.8) is 0 Å². The zero-order valence-corrected chi connectivity index (χ0v) is 13.0. The van der Waals surface area contributed by atoms with Crippen molar-refractivity contribution in [1.82, 2.24) is 14.9 Å². The van der Waals surface area contributed by atoms with Gasteiger partial charge in [-0.3, -0.25) is 4.57 Å². The molecule has 1 aliphatic rings. The van der Waals surface area contributed by atoms with E-state index in [9.17, 15) is 4.79 Å². The van der Waals surface area contributed by atoms with E-state index in [-0.39, 0.29) is 11.7 Å². The molecule has 0 aliphatic carbocycles. The number of hydrogen-bond donors (Lipinski definition) is 2. The number of aromatic amines is 1. The summed E-state index contributed by atoms with van der Waals surface area (Å²) in [7, 11) is 0. The zero-order valence-electron chi connectivity index (χ0n) is 13.0. The van der Waals surface area contributed by atoms with Gasteiger partial charge in [0.05, 0.1) is 11.0 Å². The van der Waals surface area contributed by atoms with Crippen molar-refractivity contribution in [1.29, 1.82) is 0 Å². The van der Waals surface area contributed by atoms with Gasteiger partial charge < -0.3 is 10.3 Å². The number of nitrogens with one attached hydrogen (secondary N) is 2. The van der Waals surface area contributed by atoms with Gasteiger partial charge in [0.15, 0.2) is 0 Å². The third kappa shape index (κ3) is 2.70. The molecular formula is C19H21N3O. The largest absolute Gasteiger partial charge is 0.326 e. The standard InChI is InChI=1S/C19H21N3O/c23-19-21-16-8-4-5-9-17(16)22(19)18(15-10-11-20-13-15)12-14-6-2-1-3-7-14/h1-9,15,18,20H,10-13H2,(H,21,23). The predicted octanol–water partition coefficient (Wildman–Crippen LogP) is 2.72. The van der Waals surface area contributed by atoms with E-state index >= 15 is 0 Å². The minimum atomic E-state index is -0.000897. The SMILES string of the molecule is O=c1[nH]c2ccccc2n1C(Cc1ccccc1)C1CCNC1. The lowest BCUT2D eigenvalue weighted by Gasteiger charge is -2.24. The second-order valence-corrected chi connectivity index (χ2v) is 6.33. The number of fused-ring (bicyclic) bond motifs is 1. The Kier molecular flexibility index (Phi) is 3.75. The zero-order chi connectivity index (χ0) is 15.6. The van der Waals surface area contributed by atoms with Gasteiger partial charge in [0.25, 0.3) is 0 Å². The second kappa shape index (κ2) is 6.05. The van der Waals surface area contributed by atoms with Crippen LogP contribution in [0.3, 0.4) is 0 Å². The van der Waals surface area contributed by atoms with E-state index in [1.165, 1.54) is 5.56 Å². The van der Waals surface area contributed by atoms with Crippen LogP contribution in [0.1, 0.15) is 18.0 Å². The van der Waals surface area contributed by atoms with Gasteiger partial charge in [-0.25, -0.2) is 4.79 Å². The Bertz CT molecular complexity index is 844. The number of imidazole rings is 1. The number of rotatable bonds is 4. The van der Waals surface area contributed by atoms with Crippen LogP contribution in [-0.2, 0) is 6.42 Å². The Labute approximate surface area is 135 Å². The van der Waals surface area contributed by atoms with Crippen molar-refractivity contribution >= 4 is 11.0 Å². The highest BCUT2D eigenvalue weighted by Crippen LogP contribution is 2.29. The summed E-state index contributed by atoms with van der Waals surface area (Å²) in [4.78, 5) is 15.6. The van der Waals surface area contributed by atoms with Crippen molar-refractivity contribution in [2.24, 2.45) is 5.92 Å². The Morgan fingerprint density at radius 1 is 1.09 bits per heavy atom. The fraction of sp³-hybridized carbons (Fsp3) is 0.316. The van der Waals surface area contributed by atoms with Crippen molar-refractivity contribution in [3.05, 3.63) is 70.6 Å². The highest BCUT2D eigenvalue weighted by atomic mass is 16.1. The number of hydrogen-bond acceptors (Lipinski definition) is 2. The molecule has 1 saturated heterocycles. The summed E-state index contributed by atoms with van der Waals surface area (Å²) in [6.07, 6.45) is 2.00.